The molecule has 0 spiro atoms. The Morgan fingerprint density at radius 1 is 1.38 bits per heavy atom. The van der Waals surface area contributed by atoms with E-state index in [-0.39, 0.29) is 35.7 Å². The standard InChI is InChI=1S/C10H19NO4S/c1-2-4-16(13,14)5-3-10(12)8-6-15-7-9(8)11/h8-9H,2-7,11H2,1H3. The van der Waals surface area contributed by atoms with Crippen molar-refractivity contribution in [1.29, 1.82) is 0 Å². The lowest BCUT2D eigenvalue weighted by molar-refractivity contribution is -0.122. The first-order valence-corrected chi connectivity index (χ1v) is 7.35. The first-order chi connectivity index (χ1) is 7.46. The Bertz CT molecular complexity index is 339. The highest BCUT2D eigenvalue weighted by Gasteiger charge is 2.31. The first kappa shape index (κ1) is 13.6. The molecule has 6 heteroatoms. The molecule has 2 N–H and O–H groups in total. The van der Waals surface area contributed by atoms with Gasteiger partial charge in [-0.25, -0.2) is 8.42 Å². The fraction of sp³-hybridized carbons (Fsp3) is 0.900. The topological polar surface area (TPSA) is 86.5 Å². The van der Waals surface area contributed by atoms with Gasteiger partial charge in [-0.2, -0.15) is 0 Å². The Morgan fingerprint density at radius 3 is 2.56 bits per heavy atom. The molecule has 2 unspecified atom stereocenters. The van der Waals surface area contributed by atoms with Gasteiger partial charge in [0.2, 0.25) is 0 Å². The average molecular weight is 249 g/mol. The van der Waals surface area contributed by atoms with E-state index in [1.165, 1.54) is 0 Å². The highest BCUT2D eigenvalue weighted by molar-refractivity contribution is 7.91. The fourth-order valence-electron chi connectivity index (χ4n) is 1.76. The van der Waals surface area contributed by atoms with Crippen LogP contribution in [0.2, 0.25) is 0 Å². The van der Waals surface area contributed by atoms with Gasteiger partial charge in [-0.3, -0.25) is 4.79 Å². The molecular weight excluding hydrogens is 230 g/mol. The lowest BCUT2D eigenvalue weighted by Gasteiger charge is -2.11. The summed E-state index contributed by atoms with van der Waals surface area (Å²) in [4.78, 5) is 11.7. The van der Waals surface area contributed by atoms with E-state index < -0.39 is 9.84 Å². The molecule has 0 aromatic carbocycles. The Kier molecular flexibility index (Phi) is 4.89. The van der Waals surface area contributed by atoms with Gasteiger partial charge < -0.3 is 10.5 Å². The van der Waals surface area contributed by atoms with Gasteiger partial charge in [0, 0.05) is 18.2 Å². The number of carbonyl (C=O) groups is 1. The molecule has 1 saturated heterocycles. The number of ether oxygens (including phenoxy) is 1. The molecule has 5 nitrogen and oxygen atoms in total. The van der Waals surface area contributed by atoms with Crippen LogP contribution in [-0.4, -0.2) is 45.0 Å². The number of ketones is 1. The maximum atomic E-state index is 11.7. The quantitative estimate of drug-likeness (QED) is 0.701. The van der Waals surface area contributed by atoms with Crippen LogP contribution < -0.4 is 5.73 Å². The predicted molar refractivity (Wildman–Crippen MR) is 60.9 cm³/mol. The molecule has 16 heavy (non-hydrogen) atoms. The van der Waals surface area contributed by atoms with Crippen molar-refractivity contribution in [1.82, 2.24) is 0 Å². The van der Waals surface area contributed by atoms with Gasteiger partial charge in [-0.1, -0.05) is 6.92 Å². The van der Waals surface area contributed by atoms with Crippen molar-refractivity contribution >= 4 is 15.6 Å². The highest BCUT2D eigenvalue weighted by atomic mass is 32.2. The Morgan fingerprint density at radius 2 is 2.06 bits per heavy atom. The van der Waals surface area contributed by atoms with Gasteiger partial charge in [0.15, 0.2) is 9.84 Å². The van der Waals surface area contributed by atoms with Crippen LogP contribution in [0.3, 0.4) is 0 Å². The van der Waals surface area contributed by atoms with E-state index in [1.807, 2.05) is 0 Å². The molecular formula is C10H19NO4S. The lowest BCUT2D eigenvalue weighted by atomic mass is 9.98. The van der Waals surface area contributed by atoms with E-state index in [2.05, 4.69) is 0 Å². The van der Waals surface area contributed by atoms with Crippen molar-refractivity contribution in [3.05, 3.63) is 0 Å². The van der Waals surface area contributed by atoms with Crippen LogP contribution in [0.1, 0.15) is 19.8 Å². The summed E-state index contributed by atoms with van der Waals surface area (Å²) in [5.41, 5.74) is 5.68. The van der Waals surface area contributed by atoms with Crippen LogP contribution in [0.15, 0.2) is 0 Å². The molecule has 1 rings (SSSR count). The maximum Gasteiger partial charge on any atom is 0.150 e. The van der Waals surface area contributed by atoms with Gasteiger partial charge in [0.25, 0.3) is 0 Å². The number of rotatable bonds is 6. The van der Waals surface area contributed by atoms with Crippen LogP contribution >= 0.6 is 0 Å². The molecule has 0 radical (unpaired) electrons. The second-order valence-corrected chi connectivity index (χ2v) is 6.48. The summed E-state index contributed by atoms with van der Waals surface area (Å²) in [6.45, 7) is 2.52. The molecule has 0 bridgehead atoms. The minimum Gasteiger partial charge on any atom is -0.379 e. The Hall–Kier alpha value is -0.460. The third kappa shape index (κ3) is 3.84. The maximum absolute atomic E-state index is 11.7. The summed E-state index contributed by atoms with van der Waals surface area (Å²) in [5.74, 6) is -0.336. The minimum atomic E-state index is -3.08. The number of hydrogen-bond acceptors (Lipinski definition) is 5. The molecule has 1 heterocycles. The van der Waals surface area contributed by atoms with Gasteiger partial charge in [0.05, 0.1) is 24.9 Å². The molecule has 2 atom stereocenters. The zero-order chi connectivity index (χ0) is 12.2. The second kappa shape index (κ2) is 5.75. The molecule has 94 valence electrons. The largest absolute Gasteiger partial charge is 0.379 e. The number of hydrogen-bond donors (Lipinski definition) is 1. The minimum absolute atomic E-state index is 0.0596. The van der Waals surface area contributed by atoms with Crippen molar-refractivity contribution < 1.29 is 17.9 Å². The summed E-state index contributed by atoms with van der Waals surface area (Å²) in [6, 6.07) is -0.277. The molecule has 0 amide bonds. The average Bonchev–Trinajstić information content (AvgIpc) is 2.61. The van der Waals surface area contributed by atoms with E-state index in [1.54, 1.807) is 6.92 Å². The van der Waals surface area contributed by atoms with E-state index in [9.17, 15) is 13.2 Å². The summed E-state index contributed by atoms with van der Waals surface area (Å²) in [5, 5.41) is 0. The monoisotopic (exact) mass is 249 g/mol. The highest BCUT2D eigenvalue weighted by Crippen LogP contribution is 2.15. The van der Waals surface area contributed by atoms with Crippen molar-refractivity contribution in [2.75, 3.05) is 24.7 Å². The van der Waals surface area contributed by atoms with Crippen LogP contribution in [0.4, 0.5) is 0 Å². The van der Waals surface area contributed by atoms with E-state index in [0.717, 1.165) is 0 Å². The third-order valence-corrected chi connectivity index (χ3v) is 4.57. The summed E-state index contributed by atoms with van der Waals surface area (Å²) < 4.78 is 27.9. The normalized spacial score (nSPS) is 25.9. The van der Waals surface area contributed by atoms with Crippen molar-refractivity contribution in [3.63, 3.8) is 0 Å². The smallest absolute Gasteiger partial charge is 0.150 e. The number of carbonyl (C=O) groups excluding carboxylic acids is 1. The molecule has 1 aliphatic rings. The molecule has 0 aliphatic carbocycles. The zero-order valence-corrected chi connectivity index (χ0v) is 10.3. The predicted octanol–water partition coefficient (Wildman–Crippen LogP) is -0.256. The fourth-order valence-corrected chi connectivity index (χ4v) is 3.10. The van der Waals surface area contributed by atoms with Crippen molar-refractivity contribution in [3.8, 4) is 0 Å². The number of sulfone groups is 1. The molecule has 0 aromatic rings. The molecule has 0 aromatic heterocycles. The van der Waals surface area contributed by atoms with E-state index in [4.69, 9.17) is 10.5 Å². The number of Topliss-reactive ketones (excluding diaryl/α,β-unsaturated/α-hetero) is 1. The molecule has 0 saturated carbocycles. The van der Waals surface area contributed by atoms with Gasteiger partial charge in [-0.05, 0) is 6.42 Å². The van der Waals surface area contributed by atoms with E-state index >= 15 is 0 Å². The Balaban J connectivity index is 2.41. The van der Waals surface area contributed by atoms with Gasteiger partial charge >= 0.3 is 0 Å². The van der Waals surface area contributed by atoms with Gasteiger partial charge in [-0.15, -0.1) is 0 Å². The van der Waals surface area contributed by atoms with Crippen molar-refractivity contribution in [2.45, 2.75) is 25.8 Å². The van der Waals surface area contributed by atoms with Gasteiger partial charge in [0.1, 0.15) is 5.78 Å². The number of nitrogens with two attached hydrogens (primary N) is 1. The summed E-state index contributed by atoms with van der Waals surface area (Å²) >= 11 is 0. The first-order valence-electron chi connectivity index (χ1n) is 5.52. The summed E-state index contributed by atoms with van der Waals surface area (Å²) in [6.07, 6.45) is 0.645. The zero-order valence-electron chi connectivity index (χ0n) is 9.52. The SMILES string of the molecule is CCCS(=O)(=O)CCC(=O)C1COCC1N. The Labute approximate surface area is 96.3 Å². The third-order valence-electron chi connectivity index (χ3n) is 2.71. The van der Waals surface area contributed by atoms with Crippen LogP contribution in [-0.2, 0) is 19.4 Å². The molecule has 1 fully saturated rings. The van der Waals surface area contributed by atoms with Crippen LogP contribution in [0.25, 0.3) is 0 Å². The lowest BCUT2D eigenvalue weighted by Crippen LogP contribution is -2.34. The molecule has 1 aliphatic heterocycles. The van der Waals surface area contributed by atoms with Crippen LogP contribution in [0, 0.1) is 5.92 Å². The van der Waals surface area contributed by atoms with E-state index in [0.29, 0.717) is 19.6 Å². The second-order valence-electron chi connectivity index (χ2n) is 4.18. The summed E-state index contributed by atoms with van der Waals surface area (Å²) in [7, 11) is -3.08. The van der Waals surface area contributed by atoms with Crippen LogP contribution in [0.5, 0.6) is 0 Å². The van der Waals surface area contributed by atoms with Crippen molar-refractivity contribution in [2.24, 2.45) is 11.7 Å².